The minimum Gasteiger partial charge on any atom is -0.338 e. The van der Waals surface area contributed by atoms with Crippen LogP contribution in [0.2, 0.25) is 0 Å². The summed E-state index contributed by atoms with van der Waals surface area (Å²) in [6, 6.07) is 0.299. The molecule has 0 aromatic heterocycles. The van der Waals surface area contributed by atoms with Crippen LogP contribution in [0.1, 0.15) is 51.9 Å². The molecule has 1 saturated heterocycles. The predicted octanol–water partition coefficient (Wildman–Crippen LogP) is 2.15. The maximum absolute atomic E-state index is 12.2. The fourth-order valence-electron chi connectivity index (χ4n) is 3.06. The van der Waals surface area contributed by atoms with E-state index in [1.807, 2.05) is 0 Å². The van der Waals surface area contributed by atoms with Gasteiger partial charge in [0.05, 0.1) is 0 Å². The molecule has 1 aliphatic heterocycles. The third kappa shape index (κ3) is 3.21. The standard InChI is InChI=1S/C14H26N2O/c1-11-7-8-16(13(9-11)10-15)14(17)6-5-12-3-2-4-12/h11-13H,2-10,15H2,1H3. The van der Waals surface area contributed by atoms with Crippen molar-refractivity contribution in [1.82, 2.24) is 4.90 Å². The largest absolute Gasteiger partial charge is 0.338 e. The number of carbonyl (C=O) groups excluding carboxylic acids is 1. The lowest BCUT2D eigenvalue weighted by Crippen LogP contribution is -2.49. The van der Waals surface area contributed by atoms with Gasteiger partial charge in [0, 0.05) is 25.6 Å². The second-order valence-electron chi connectivity index (χ2n) is 5.94. The third-order valence-corrected chi connectivity index (χ3v) is 4.56. The Morgan fingerprint density at radius 2 is 2.12 bits per heavy atom. The third-order valence-electron chi connectivity index (χ3n) is 4.56. The Balaban J connectivity index is 1.79. The lowest BCUT2D eigenvalue weighted by atomic mass is 9.82. The van der Waals surface area contributed by atoms with Gasteiger partial charge in [0.25, 0.3) is 0 Å². The number of amides is 1. The van der Waals surface area contributed by atoms with Crippen molar-refractivity contribution < 1.29 is 4.79 Å². The molecule has 17 heavy (non-hydrogen) atoms. The SMILES string of the molecule is CC1CCN(C(=O)CCC2CCC2)C(CN)C1. The molecule has 2 atom stereocenters. The van der Waals surface area contributed by atoms with E-state index in [1.54, 1.807) is 0 Å². The number of rotatable bonds is 4. The summed E-state index contributed by atoms with van der Waals surface area (Å²) in [7, 11) is 0. The van der Waals surface area contributed by atoms with Crippen LogP contribution in [0.5, 0.6) is 0 Å². The van der Waals surface area contributed by atoms with Crippen LogP contribution in [-0.2, 0) is 4.79 Å². The Bertz CT molecular complexity index is 263. The smallest absolute Gasteiger partial charge is 0.222 e. The van der Waals surface area contributed by atoms with Crippen molar-refractivity contribution in [2.24, 2.45) is 17.6 Å². The summed E-state index contributed by atoms with van der Waals surface area (Å²) >= 11 is 0. The minimum atomic E-state index is 0.299. The molecule has 0 spiro atoms. The van der Waals surface area contributed by atoms with Gasteiger partial charge in [-0.25, -0.2) is 0 Å². The van der Waals surface area contributed by atoms with E-state index in [0.29, 0.717) is 18.5 Å². The fourth-order valence-corrected chi connectivity index (χ4v) is 3.06. The van der Waals surface area contributed by atoms with E-state index in [1.165, 1.54) is 19.3 Å². The van der Waals surface area contributed by atoms with E-state index in [9.17, 15) is 4.79 Å². The Kier molecular flexibility index (Phi) is 4.43. The first-order valence-electron chi connectivity index (χ1n) is 7.20. The number of nitrogens with two attached hydrogens (primary N) is 1. The van der Waals surface area contributed by atoms with Crippen LogP contribution in [0.15, 0.2) is 0 Å². The summed E-state index contributed by atoms with van der Waals surface area (Å²) in [6.07, 6.45) is 8.12. The Morgan fingerprint density at radius 3 is 2.71 bits per heavy atom. The summed E-state index contributed by atoms with van der Waals surface area (Å²) in [5.74, 6) is 1.90. The van der Waals surface area contributed by atoms with Gasteiger partial charge < -0.3 is 10.6 Å². The van der Waals surface area contributed by atoms with Crippen molar-refractivity contribution in [3.8, 4) is 0 Å². The summed E-state index contributed by atoms with van der Waals surface area (Å²) in [5, 5.41) is 0. The second-order valence-corrected chi connectivity index (χ2v) is 5.94. The van der Waals surface area contributed by atoms with Gasteiger partial charge in [0.15, 0.2) is 0 Å². The molecule has 2 fully saturated rings. The number of hydrogen-bond donors (Lipinski definition) is 1. The molecule has 0 aromatic carbocycles. The van der Waals surface area contributed by atoms with Crippen molar-refractivity contribution in [3.63, 3.8) is 0 Å². The molecular weight excluding hydrogens is 212 g/mol. The van der Waals surface area contributed by atoms with Gasteiger partial charge in [-0.2, -0.15) is 0 Å². The average molecular weight is 238 g/mol. The van der Waals surface area contributed by atoms with E-state index in [0.717, 1.165) is 44.1 Å². The summed E-state index contributed by atoms with van der Waals surface area (Å²) in [5.41, 5.74) is 5.79. The highest BCUT2D eigenvalue weighted by Crippen LogP contribution is 2.31. The number of piperidine rings is 1. The van der Waals surface area contributed by atoms with Gasteiger partial charge >= 0.3 is 0 Å². The molecule has 0 radical (unpaired) electrons. The molecule has 2 aliphatic rings. The Labute approximate surface area is 105 Å². The highest BCUT2D eigenvalue weighted by atomic mass is 16.2. The Hall–Kier alpha value is -0.570. The zero-order valence-corrected chi connectivity index (χ0v) is 11.0. The lowest BCUT2D eigenvalue weighted by Gasteiger charge is -2.38. The first-order chi connectivity index (χ1) is 8.20. The van der Waals surface area contributed by atoms with E-state index in [2.05, 4.69) is 11.8 Å². The molecule has 1 saturated carbocycles. The van der Waals surface area contributed by atoms with E-state index in [-0.39, 0.29) is 0 Å². The number of carbonyl (C=O) groups is 1. The van der Waals surface area contributed by atoms with Gasteiger partial charge in [-0.3, -0.25) is 4.79 Å². The summed E-state index contributed by atoms with van der Waals surface area (Å²) in [4.78, 5) is 14.2. The van der Waals surface area contributed by atoms with Crippen LogP contribution >= 0.6 is 0 Å². The van der Waals surface area contributed by atoms with E-state index >= 15 is 0 Å². The molecule has 0 aromatic rings. The van der Waals surface area contributed by atoms with Crippen LogP contribution in [-0.4, -0.2) is 29.9 Å². The van der Waals surface area contributed by atoms with Gasteiger partial charge in [0.2, 0.25) is 5.91 Å². The minimum absolute atomic E-state index is 0.299. The van der Waals surface area contributed by atoms with Crippen LogP contribution in [0.3, 0.4) is 0 Å². The molecule has 0 bridgehead atoms. The highest BCUT2D eigenvalue weighted by Gasteiger charge is 2.29. The van der Waals surface area contributed by atoms with Crippen molar-refractivity contribution in [3.05, 3.63) is 0 Å². The van der Waals surface area contributed by atoms with Crippen LogP contribution in [0, 0.1) is 11.8 Å². The first-order valence-corrected chi connectivity index (χ1v) is 7.20. The van der Waals surface area contributed by atoms with Gasteiger partial charge in [0.1, 0.15) is 0 Å². The molecule has 3 heteroatoms. The second kappa shape index (κ2) is 5.85. The molecule has 1 aliphatic carbocycles. The normalized spacial score (nSPS) is 30.1. The molecular formula is C14H26N2O. The monoisotopic (exact) mass is 238 g/mol. The first kappa shape index (κ1) is 12.9. The topological polar surface area (TPSA) is 46.3 Å². The zero-order valence-electron chi connectivity index (χ0n) is 11.0. The molecule has 98 valence electrons. The van der Waals surface area contributed by atoms with Crippen LogP contribution in [0.25, 0.3) is 0 Å². The number of nitrogens with zero attached hydrogens (tertiary/aromatic N) is 1. The maximum atomic E-state index is 12.2. The van der Waals surface area contributed by atoms with Gasteiger partial charge in [-0.1, -0.05) is 26.2 Å². The molecule has 1 heterocycles. The molecule has 3 nitrogen and oxygen atoms in total. The van der Waals surface area contributed by atoms with Crippen LogP contribution < -0.4 is 5.73 Å². The zero-order chi connectivity index (χ0) is 12.3. The Morgan fingerprint density at radius 1 is 1.35 bits per heavy atom. The van der Waals surface area contributed by atoms with Crippen molar-refractivity contribution in [2.75, 3.05) is 13.1 Å². The van der Waals surface area contributed by atoms with E-state index < -0.39 is 0 Å². The van der Waals surface area contributed by atoms with Gasteiger partial charge in [-0.15, -0.1) is 0 Å². The van der Waals surface area contributed by atoms with Crippen molar-refractivity contribution in [2.45, 2.75) is 57.9 Å². The predicted molar refractivity (Wildman–Crippen MR) is 69.5 cm³/mol. The fraction of sp³-hybridized carbons (Fsp3) is 0.929. The molecule has 2 N–H and O–H groups in total. The van der Waals surface area contributed by atoms with Crippen LogP contribution in [0.4, 0.5) is 0 Å². The molecule has 1 amide bonds. The highest BCUT2D eigenvalue weighted by molar-refractivity contribution is 5.76. The maximum Gasteiger partial charge on any atom is 0.222 e. The quantitative estimate of drug-likeness (QED) is 0.815. The number of likely N-dealkylation sites (tertiary alicyclic amines) is 1. The molecule has 2 rings (SSSR count). The van der Waals surface area contributed by atoms with Gasteiger partial charge in [-0.05, 0) is 31.1 Å². The summed E-state index contributed by atoms with van der Waals surface area (Å²) in [6.45, 7) is 3.81. The van der Waals surface area contributed by atoms with Crippen molar-refractivity contribution >= 4 is 5.91 Å². The summed E-state index contributed by atoms with van der Waals surface area (Å²) < 4.78 is 0. The van der Waals surface area contributed by atoms with Crippen molar-refractivity contribution in [1.29, 1.82) is 0 Å². The lowest BCUT2D eigenvalue weighted by molar-refractivity contribution is -0.135. The molecule has 2 unspecified atom stereocenters. The average Bonchev–Trinajstić information content (AvgIpc) is 2.26. The van der Waals surface area contributed by atoms with E-state index in [4.69, 9.17) is 5.73 Å². The number of hydrogen-bond acceptors (Lipinski definition) is 2.